The number of aromatic amines is 1. The fourth-order valence-electron chi connectivity index (χ4n) is 1.30. The Balaban J connectivity index is 2.95. The minimum atomic E-state index is -0.260. The van der Waals surface area contributed by atoms with Gasteiger partial charge < -0.3 is 10.7 Å². The summed E-state index contributed by atoms with van der Waals surface area (Å²) in [6.07, 6.45) is 0. The molecule has 0 bridgehead atoms. The maximum atomic E-state index is 11.4. The smallest absolute Gasteiger partial charge is 0.327 e. The van der Waals surface area contributed by atoms with Crippen molar-refractivity contribution in [3.8, 4) is 0 Å². The number of aromatic nitrogens is 4. The van der Waals surface area contributed by atoms with Gasteiger partial charge in [-0.25, -0.2) is 4.79 Å². The van der Waals surface area contributed by atoms with Gasteiger partial charge >= 0.3 is 5.69 Å². The van der Waals surface area contributed by atoms with Crippen LogP contribution in [0.2, 0.25) is 5.15 Å². The molecule has 0 aliphatic carbocycles. The molecule has 0 aliphatic heterocycles. The van der Waals surface area contributed by atoms with E-state index in [1.165, 1.54) is 4.57 Å². The molecule has 74 valence electrons. The number of imidazole rings is 1. The number of rotatable bonds is 1. The van der Waals surface area contributed by atoms with Gasteiger partial charge in [0.1, 0.15) is 5.52 Å². The molecule has 2 heterocycles. The van der Waals surface area contributed by atoms with E-state index >= 15 is 0 Å². The largest absolute Gasteiger partial charge is 0.368 e. The molecule has 2 rings (SSSR count). The van der Waals surface area contributed by atoms with Crippen LogP contribution in [0.1, 0.15) is 6.92 Å². The molecule has 0 atom stereocenters. The Kier molecular flexibility index (Phi) is 1.92. The van der Waals surface area contributed by atoms with Crippen LogP contribution in [0.3, 0.4) is 0 Å². The van der Waals surface area contributed by atoms with E-state index in [0.29, 0.717) is 17.7 Å². The third-order valence-electron chi connectivity index (χ3n) is 1.91. The van der Waals surface area contributed by atoms with Crippen LogP contribution in [0, 0.1) is 0 Å². The van der Waals surface area contributed by atoms with E-state index in [9.17, 15) is 4.79 Å². The molecule has 0 spiro atoms. The summed E-state index contributed by atoms with van der Waals surface area (Å²) in [7, 11) is 0. The van der Waals surface area contributed by atoms with Gasteiger partial charge in [-0.05, 0) is 6.92 Å². The molecule has 7 heteroatoms. The summed E-state index contributed by atoms with van der Waals surface area (Å²) < 4.78 is 1.44. The highest BCUT2D eigenvalue weighted by Crippen LogP contribution is 2.17. The number of nitrogen functional groups attached to an aromatic ring is 1. The Hall–Kier alpha value is -1.56. The van der Waals surface area contributed by atoms with Crippen molar-refractivity contribution in [2.45, 2.75) is 13.5 Å². The van der Waals surface area contributed by atoms with Crippen LogP contribution in [-0.2, 0) is 6.54 Å². The van der Waals surface area contributed by atoms with Crippen molar-refractivity contribution in [3.63, 3.8) is 0 Å². The van der Waals surface area contributed by atoms with Gasteiger partial charge in [-0.15, -0.1) is 0 Å². The Morgan fingerprint density at radius 2 is 2.29 bits per heavy atom. The lowest BCUT2D eigenvalue weighted by Crippen LogP contribution is -2.15. The molecule has 0 aromatic carbocycles. The van der Waals surface area contributed by atoms with Crippen molar-refractivity contribution in [1.82, 2.24) is 19.5 Å². The van der Waals surface area contributed by atoms with Gasteiger partial charge in [0.25, 0.3) is 0 Å². The van der Waals surface area contributed by atoms with E-state index < -0.39 is 0 Å². The van der Waals surface area contributed by atoms with E-state index in [4.69, 9.17) is 17.3 Å². The number of nitrogens with zero attached hydrogens (tertiary/aromatic N) is 3. The third kappa shape index (κ3) is 1.15. The Labute approximate surface area is 83.7 Å². The number of H-pyrrole nitrogens is 1. The molecule has 0 aliphatic rings. The number of halogens is 1. The molecule has 14 heavy (non-hydrogen) atoms. The summed E-state index contributed by atoms with van der Waals surface area (Å²) in [5, 5.41) is 0.164. The first-order chi connectivity index (χ1) is 6.63. The van der Waals surface area contributed by atoms with Crippen molar-refractivity contribution in [3.05, 3.63) is 15.6 Å². The lowest BCUT2D eigenvalue weighted by molar-refractivity contribution is 0.745. The number of anilines is 1. The van der Waals surface area contributed by atoms with Gasteiger partial charge in [-0.3, -0.25) is 4.57 Å². The highest BCUT2D eigenvalue weighted by atomic mass is 35.5. The number of hydrogen-bond donors (Lipinski definition) is 2. The number of aryl methyl sites for hydroxylation is 1. The van der Waals surface area contributed by atoms with Crippen molar-refractivity contribution < 1.29 is 0 Å². The first-order valence-electron chi connectivity index (χ1n) is 4.05. The molecule has 0 saturated carbocycles. The molecular weight excluding hydrogens is 206 g/mol. The summed E-state index contributed by atoms with van der Waals surface area (Å²) in [4.78, 5) is 21.6. The van der Waals surface area contributed by atoms with E-state index in [2.05, 4.69) is 15.0 Å². The molecule has 6 nitrogen and oxygen atoms in total. The SMILES string of the molecule is CCn1c(=O)[nH]c2c(Cl)nc(N)nc21. The number of nitrogens with two attached hydrogens (primary N) is 1. The zero-order valence-corrected chi connectivity index (χ0v) is 8.17. The lowest BCUT2D eigenvalue weighted by Gasteiger charge is -1.98. The standard InChI is InChI=1S/C7H8ClN5O/c1-2-13-5-3(10-7(13)14)4(8)11-6(9)12-5/h2H2,1H3,(H,10,14)(H2,9,11,12). The average Bonchev–Trinajstić information content (AvgIpc) is 2.41. The van der Waals surface area contributed by atoms with E-state index in [0.717, 1.165) is 0 Å². The molecule has 0 radical (unpaired) electrons. The van der Waals surface area contributed by atoms with Gasteiger partial charge in [0.15, 0.2) is 10.8 Å². The van der Waals surface area contributed by atoms with Gasteiger partial charge in [-0.1, -0.05) is 11.6 Å². The van der Waals surface area contributed by atoms with Crippen LogP contribution in [0.4, 0.5) is 5.95 Å². The fourth-order valence-corrected chi connectivity index (χ4v) is 1.52. The Morgan fingerprint density at radius 1 is 1.57 bits per heavy atom. The monoisotopic (exact) mass is 213 g/mol. The van der Waals surface area contributed by atoms with Gasteiger partial charge in [0.2, 0.25) is 5.95 Å². The van der Waals surface area contributed by atoms with E-state index in [1.807, 2.05) is 6.92 Å². The van der Waals surface area contributed by atoms with Gasteiger partial charge in [0.05, 0.1) is 0 Å². The second-order valence-corrected chi connectivity index (χ2v) is 3.10. The number of fused-ring (bicyclic) bond motifs is 1. The topological polar surface area (TPSA) is 89.6 Å². The van der Waals surface area contributed by atoms with Gasteiger partial charge in [-0.2, -0.15) is 9.97 Å². The van der Waals surface area contributed by atoms with E-state index in [1.54, 1.807) is 0 Å². The quantitative estimate of drug-likeness (QED) is 0.670. The van der Waals surface area contributed by atoms with Crippen LogP contribution in [-0.4, -0.2) is 19.5 Å². The first-order valence-corrected chi connectivity index (χ1v) is 4.42. The maximum absolute atomic E-state index is 11.4. The molecule has 0 fully saturated rings. The second kappa shape index (κ2) is 2.98. The highest BCUT2D eigenvalue weighted by molar-refractivity contribution is 6.33. The minimum absolute atomic E-state index is 0.0590. The van der Waals surface area contributed by atoms with E-state index in [-0.39, 0.29) is 16.8 Å². The molecule has 2 aromatic rings. The van der Waals surface area contributed by atoms with Crippen LogP contribution >= 0.6 is 11.6 Å². The summed E-state index contributed by atoms with van der Waals surface area (Å²) in [6.45, 7) is 2.34. The normalized spacial score (nSPS) is 11.0. The van der Waals surface area contributed by atoms with Crippen LogP contribution in [0.15, 0.2) is 4.79 Å². The molecule has 2 aromatic heterocycles. The van der Waals surface area contributed by atoms with Crippen molar-refractivity contribution in [2.75, 3.05) is 5.73 Å². The third-order valence-corrected chi connectivity index (χ3v) is 2.19. The minimum Gasteiger partial charge on any atom is -0.368 e. The molecule has 0 saturated heterocycles. The molecule has 0 amide bonds. The summed E-state index contributed by atoms with van der Waals surface area (Å²) >= 11 is 5.79. The zero-order chi connectivity index (χ0) is 10.3. The second-order valence-electron chi connectivity index (χ2n) is 2.75. The summed E-state index contributed by atoms with van der Waals surface area (Å²) in [5.74, 6) is 0.0590. The average molecular weight is 214 g/mol. The predicted molar refractivity (Wildman–Crippen MR) is 53.2 cm³/mol. The Bertz CT molecular complexity index is 543. The number of nitrogens with one attached hydrogen (secondary N) is 1. The molecule has 0 unspecified atom stereocenters. The van der Waals surface area contributed by atoms with Crippen LogP contribution < -0.4 is 11.4 Å². The first kappa shape index (κ1) is 9.01. The van der Waals surface area contributed by atoms with Crippen LogP contribution in [0.5, 0.6) is 0 Å². The Morgan fingerprint density at radius 3 is 2.93 bits per heavy atom. The zero-order valence-electron chi connectivity index (χ0n) is 7.41. The van der Waals surface area contributed by atoms with Crippen molar-refractivity contribution >= 4 is 28.7 Å². The summed E-state index contributed by atoms with van der Waals surface area (Å²) in [6, 6.07) is 0. The van der Waals surface area contributed by atoms with Crippen LogP contribution in [0.25, 0.3) is 11.2 Å². The summed E-state index contributed by atoms with van der Waals surface area (Å²) in [5.41, 5.74) is 6.03. The molecule has 3 N–H and O–H groups in total. The maximum Gasteiger partial charge on any atom is 0.327 e. The lowest BCUT2D eigenvalue weighted by atomic mass is 10.5. The predicted octanol–water partition coefficient (Wildman–Crippen LogP) is 0.375. The van der Waals surface area contributed by atoms with Crippen molar-refractivity contribution in [1.29, 1.82) is 0 Å². The highest BCUT2D eigenvalue weighted by Gasteiger charge is 2.11. The number of hydrogen-bond acceptors (Lipinski definition) is 4. The van der Waals surface area contributed by atoms with Crippen molar-refractivity contribution in [2.24, 2.45) is 0 Å². The van der Waals surface area contributed by atoms with Gasteiger partial charge in [0, 0.05) is 6.54 Å². The molecular formula is C7H8ClN5O. The fraction of sp³-hybridized carbons (Fsp3) is 0.286.